The highest BCUT2D eigenvalue weighted by molar-refractivity contribution is 7.89. The summed E-state index contributed by atoms with van der Waals surface area (Å²) in [5.41, 5.74) is 1.66. The highest BCUT2D eigenvalue weighted by atomic mass is 32.2. The van der Waals surface area contributed by atoms with Crippen molar-refractivity contribution in [2.45, 2.75) is 32.2 Å². The van der Waals surface area contributed by atoms with Crippen LogP contribution in [0.1, 0.15) is 18.3 Å². The molecule has 2 aromatic rings. The van der Waals surface area contributed by atoms with Gasteiger partial charge in [0.25, 0.3) is 0 Å². The van der Waals surface area contributed by atoms with Crippen LogP contribution < -0.4 is 4.90 Å². The lowest BCUT2D eigenvalue weighted by molar-refractivity contribution is -0.119. The smallest absolute Gasteiger partial charge is 0.248 e. The lowest BCUT2D eigenvalue weighted by atomic mass is 10.3. The number of aryl methyl sites for hydroxylation is 1. The molecule has 0 aliphatic carbocycles. The second kappa shape index (κ2) is 7.37. The van der Waals surface area contributed by atoms with E-state index in [4.69, 9.17) is 0 Å². The predicted molar refractivity (Wildman–Crippen MR) is 97.0 cm³/mol. The molecule has 0 bridgehead atoms. The molecule has 1 amide bonds. The van der Waals surface area contributed by atoms with Gasteiger partial charge in [0.05, 0.1) is 11.4 Å². The molecule has 1 aromatic carbocycles. The van der Waals surface area contributed by atoms with Gasteiger partial charge in [-0.3, -0.25) is 9.48 Å². The number of hydrogen-bond acceptors (Lipinski definition) is 4. The number of carbonyl (C=O) groups excluding carboxylic acids is 1. The number of para-hydroxylation sites is 1. The lowest BCUT2D eigenvalue weighted by Crippen LogP contribution is -2.34. The van der Waals surface area contributed by atoms with Gasteiger partial charge in [0.1, 0.15) is 11.4 Å². The molecule has 136 valence electrons. The number of aromatic nitrogens is 2. The van der Waals surface area contributed by atoms with Crippen LogP contribution in [-0.4, -0.2) is 49.1 Å². The number of nitrogens with zero attached hydrogens (tertiary/aromatic N) is 4. The van der Waals surface area contributed by atoms with Crippen molar-refractivity contribution in [1.82, 2.24) is 14.1 Å². The summed E-state index contributed by atoms with van der Waals surface area (Å²) in [7, 11) is -0.652. The summed E-state index contributed by atoms with van der Waals surface area (Å²) in [6.07, 6.45) is 0. The van der Waals surface area contributed by atoms with Crippen LogP contribution >= 0.6 is 0 Å². The van der Waals surface area contributed by atoms with Crippen molar-refractivity contribution in [3.63, 3.8) is 0 Å². The number of carbonyl (C=O) groups is 1. The van der Waals surface area contributed by atoms with E-state index in [2.05, 4.69) is 5.10 Å². The molecule has 0 fully saturated rings. The predicted octanol–water partition coefficient (Wildman–Crippen LogP) is 1.80. The van der Waals surface area contributed by atoms with Crippen LogP contribution in [0.2, 0.25) is 0 Å². The Morgan fingerprint density at radius 2 is 1.76 bits per heavy atom. The zero-order valence-corrected chi connectivity index (χ0v) is 16.0. The van der Waals surface area contributed by atoms with Gasteiger partial charge in [-0.25, -0.2) is 12.7 Å². The molecule has 7 nitrogen and oxygen atoms in total. The molecule has 0 saturated heterocycles. The average molecular weight is 364 g/mol. The first-order valence-corrected chi connectivity index (χ1v) is 9.46. The van der Waals surface area contributed by atoms with Gasteiger partial charge in [-0.05, 0) is 32.9 Å². The summed E-state index contributed by atoms with van der Waals surface area (Å²) >= 11 is 0. The number of benzene rings is 1. The van der Waals surface area contributed by atoms with Crippen LogP contribution in [0.15, 0.2) is 35.2 Å². The largest absolute Gasteiger partial charge is 0.311 e. The zero-order chi connectivity index (χ0) is 18.8. The third-order valence-electron chi connectivity index (χ3n) is 4.02. The quantitative estimate of drug-likeness (QED) is 0.783. The van der Waals surface area contributed by atoms with Gasteiger partial charge in [-0.1, -0.05) is 18.2 Å². The summed E-state index contributed by atoms with van der Waals surface area (Å²) < 4.78 is 27.5. The molecule has 1 heterocycles. The Bertz CT molecular complexity index is 858. The standard InChI is InChI=1S/C17H24N4O3S/c1-6-20(15-10-8-7-9-11-15)16(22)12-21-14(3)17(13(2)18-21)25(23,24)19(4)5/h7-11H,6,12H2,1-5H3. The Kier molecular flexibility index (Phi) is 5.64. The Morgan fingerprint density at radius 1 is 1.16 bits per heavy atom. The monoisotopic (exact) mass is 364 g/mol. The molecular weight excluding hydrogens is 340 g/mol. The second-order valence-corrected chi connectivity index (χ2v) is 8.01. The number of rotatable bonds is 6. The molecule has 2 rings (SSSR count). The summed E-state index contributed by atoms with van der Waals surface area (Å²) in [5.74, 6) is -0.145. The molecule has 1 aromatic heterocycles. The van der Waals surface area contributed by atoms with E-state index in [1.165, 1.54) is 18.8 Å². The minimum absolute atomic E-state index is 0.0155. The van der Waals surface area contributed by atoms with Crippen molar-refractivity contribution >= 4 is 21.6 Å². The molecule has 0 atom stereocenters. The fraction of sp³-hybridized carbons (Fsp3) is 0.412. The van der Waals surface area contributed by atoms with Crippen molar-refractivity contribution in [2.75, 3.05) is 25.5 Å². The van der Waals surface area contributed by atoms with Crippen LogP contribution in [-0.2, 0) is 21.4 Å². The van der Waals surface area contributed by atoms with Crippen molar-refractivity contribution in [2.24, 2.45) is 0 Å². The van der Waals surface area contributed by atoms with Crippen LogP contribution in [0.5, 0.6) is 0 Å². The second-order valence-electron chi connectivity index (χ2n) is 5.92. The first kappa shape index (κ1) is 19.1. The fourth-order valence-electron chi connectivity index (χ4n) is 2.71. The first-order chi connectivity index (χ1) is 11.7. The van der Waals surface area contributed by atoms with E-state index >= 15 is 0 Å². The number of sulfonamides is 1. The molecule has 0 radical (unpaired) electrons. The SMILES string of the molecule is CCN(C(=O)Cn1nc(C)c(S(=O)(=O)N(C)C)c1C)c1ccccc1. The van der Waals surface area contributed by atoms with E-state index in [1.54, 1.807) is 18.7 Å². The number of hydrogen-bond donors (Lipinski definition) is 0. The average Bonchev–Trinajstić information content (AvgIpc) is 2.83. The van der Waals surface area contributed by atoms with Gasteiger partial charge in [-0.2, -0.15) is 5.10 Å². The third-order valence-corrected chi connectivity index (χ3v) is 6.09. The maximum Gasteiger partial charge on any atom is 0.248 e. The maximum absolute atomic E-state index is 12.7. The van der Waals surface area contributed by atoms with Crippen molar-refractivity contribution < 1.29 is 13.2 Å². The fourth-order valence-corrected chi connectivity index (χ4v) is 3.97. The number of amides is 1. The van der Waals surface area contributed by atoms with Gasteiger partial charge >= 0.3 is 0 Å². The Labute approximate surface area is 148 Å². The number of likely N-dealkylation sites (N-methyl/N-ethyl adjacent to an activating group) is 1. The normalized spacial score (nSPS) is 11.8. The maximum atomic E-state index is 12.7. The topological polar surface area (TPSA) is 75.5 Å². The molecule has 25 heavy (non-hydrogen) atoms. The molecule has 0 unspecified atom stereocenters. The van der Waals surface area contributed by atoms with Crippen LogP contribution in [0, 0.1) is 13.8 Å². The van der Waals surface area contributed by atoms with Crippen LogP contribution in [0.25, 0.3) is 0 Å². The summed E-state index contributed by atoms with van der Waals surface area (Å²) in [5, 5.41) is 4.27. The van der Waals surface area contributed by atoms with E-state index in [1.807, 2.05) is 37.3 Å². The van der Waals surface area contributed by atoms with Gasteiger partial charge in [-0.15, -0.1) is 0 Å². The van der Waals surface area contributed by atoms with E-state index in [9.17, 15) is 13.2 Å². The van der Waals surface area contributed by atoms with Crippen molar-refractivity contribution in [1.29, 1.82) is 0 Å². The summed E-state index contributed by atoms with van der Waals surface area (Å²) in [6.45, 7) is 5.71. The lowest BCUT2D eigenvalue weighted by Gasteiger charge is -2.21. The highest BCUT2D eigenvalue weighted by Crippen LogP contribution is 2.22. The van der Waals surface area contributed by atoms with Crippen molar-refractivity contribution in [3.05, 3.63) is 41.7 Å². The minimum Gasteiger partial charge on any atom is -0.311 e. The zero-order valence-electron chi connectivity index (χ0n) is 15.2. The number of anilines is 1. The Hall–Kier alpha value is -2.19. The first-order valence-electron chi connectivity index (χ1n) is 8.02. The third kappa shape index (κ3) is 3.74. The minimum atomic E-state index is -3.61. The van der Waals surface area contributed by atoms with E-state index < -0.39 is 10.0 Å². The van der Waals surface area contributed by atoms with Crippen LogP contribution in [0.4, 0.5) is 5.69 Å². The summed E-state index contributed by atoms with van der Waals surface area (Å²) in [4.78, 5) is 14.5. The van der Waals surface area contributed by atoms with E-state index in [0.717, 1.165) is 9.99 Å². The van der Waals surface area contributed by atoms with Crippen molar-refractivity contribution in [3.8, 4) is 0 Å². The van der Waals surface area contributed by atoms with Gasteiger partial charge < -0.3 is 4.90 Å². The van der Waals surface area contributed by atoms with E-state index in [-0.39, 0.29) is 17.3 Å². The molecule has 0 spiro atoms. The highest BCUT2D eigenvalue weighted by Gasteiger charge is 2.27. The van der Waals surface area contributed by atoms with Gasteiger partial charge in [0, 0.05) is 26.3 Å². The van der Waals surface area contributed by atoms with Gasteiger partial charge in [0.15, 0.2) is 0 Å². The molecule has 8 heteroatoms. The van der Waals surface area contributed by atoms with E-state index in [0.29, 0.717) is 17.9 Å². The molecule has 0 N–H and O–H groups in total. The molecule has 0 aliphatic rings. The Balaban J connectivity index is 2.34. The molecular formula is C17H24N4O3S. The molecule has 0 aliphatic heterocycles. The summed E-state index contributed by atoms with van der Waals surface area (Å²) in [6, 6.07) is 9.36. The van der Waals surface area contributed by atoms with Gasteiger partial charge in [0.2, 0.25) is 15.9 Å². The van der Waals surface area contributed by atoms with Crippen LogP contribution in [0.3, 0.4) is 0 Å². The Morgan fingerprint density at radius 3 is 2.28 bits per heavy atom. The molecule has 0 saturated carbocycles.